The number of nitrogens with zero attached hydrogens (tertiary/aromatic N) is 2. The van der Waals surface area contributed by atoms with Crippen molar-refractivity contribution in [3.8, 4) is 0 Å². The lowest BCUT2D eigenvalue weighted by Gasteiger charge is -2.06. The van der Waals surface area contributed by atoms with Gasteiger partial charge in [-0.05, 0) is 31.2 Å². The largest absolute Gasteiger partial charge is 0.260 e. The fraction of sp³-hybridized carbons (Fsp3) is 0.667. The Bertz CT molecular complexity index is 629. The number of hydrogen-bond acceptors (Lipinski definition) is 0. The zero-order valence-corrected chi connectivity index (χ0v) is 19.2. The Labute approximate surface area is 180 Å². The number of rotatable bonds is 17. The van der Waals surface area contributed by atoms with Crippen LogP contribution in [0, 0.1) is 0 Å². The van der Waals surface area contributed by atoms with Gasteiger partial charge in [0.2, 0.25) is 0 Å². The molecule has 0 saturated heterocycles. The van der Waals surface area contributed by atoms with Crippen molar-refractivity contribution >= 4 is 0 Å². The Morgan fingerprint density at radius 1 is 0.690 bits per heavy atom. The van der Waals surface area contributed by atoms with E-state index in [9.17, 15) is 0 Å². The Hall–Kier alpha value is -1.57. The van der Waals surface area contributed by atoms with Gasteiger partial charge in [-0.25, -0.2) is 9.13 Å². The van der Waals surface area contributed by atoms with E-state index in [0.717, 1.165) is 13.0 Å². The minimum Gasteiger partial charge on any atom is -0.234 e. The van der Waals surface area contributed by atoms with Crippen molar-refractivity contribution in [3.63, 3.8) is 0 Å². The number of unbranched alkanes of at least 4 members (excludes halogenated alkanes) is 11. The van der Waals surface area contributed by atoms with Gasteiger partial charge in [0.15, 0.2) is 0 Å². The van der Waals surface area contributed by atoms with E-state index in [2.05, 4.69) is 65.7 Å². The van der Waals surface area contributed by atoms with Crippen LogP contribution in [-0.2, 0) is 19.5 Å². The fourth-order valence-corrected chi connectivity index (χ4v) is 4.19. The van der Waals surface area contributed by atoms with E-state index < -0.39 is 0 Å². The van der Waals surface area contributed by atoms with E-state index in [1.807, 2.05) is 0 Å². The van der Waals surface area contributed by atoms with Gasteiger partial charge in [-0.3, -0.25) is 0 Å². The maximum atomic E-state index is 2.52. The summed E-state index contributed by atoms with van der Waals surface area (Å²) < 4.78 is 5.02. The first-order valence-electron chi connectivity index (χ1n) is 12.5. The predicted octanol–water partition coefficient (Wildman–Crippen LogP) is 7.48. The van der Waals surface area contributed by atoms with Crippen LogP contribution < -0.4 is 4.57 Å². The molecule has 0 saturated carbocycles. The summed E-state index contributed by atoms with van der Waals surface area (Å²) in [4.78, 5) is 0. The molecular formula is C27H45N2+. The van der Waals surface area contributed by atoms with E-state index in [1.165, 1.54) is 101 Å². The normalized spacial score (nSPS) is 11.2. The number of hydrogen-bond donors (Lipinski definition) is 0. The third-order valence-corrected chi connectivity index (χ3v) is 6.05. The molecule has 29 heavy (non-hydrogen) atoms. The van der Waals surface area contributed by atoms with E-state index in [0.29, 0.717) is 0 Å². The van der Waals surface area contributed by atoms with Gasteiger partial charge in [0.1, 0.15) is 12.4 Å². The second-order valence-electron chi connectivity index (χ2n) is 8.65. The van der Waals surface area contributed by atoms with Crippen LogP contribution in [0.1, 0.15) is 109 Å². The summed E-state index contributed by atoms with van der Waals surface area (Å²) in [5.74, 6) is 1.48. The fourth-order valence-electron chi connectivity index (χ4n) is 4.19. The van der Waals surface area contributed by atoms with Gasteiger partial charge in [-0.2, -0.15) is 0 Å². The molecule has 0 N–H and O–H groups in total. The Kier molecular flexibility index (Phi) is 12.5. The highest BCUT2D eigenvalue weighted by Crippen LogP contribution is 2.13. The molecule has 0 radical (unpaired) electrons. The topological polar surface area (TPSA) is 8.81 Å². The van der Waals surface area contributed by atoms with Gasteiger partial charge in [0, 0.05) is 0 Å². The van der Waals surface area contributed by atoms with Crippen molar-refractivity contribution < 1.29 is 4.57 Å². The minimum atomic E-state index is 1.04. The van der Waals surface area contributed by atoms with Gasteiger partial charge in [0.05, 0.1) is 19.5 Å². The molecule has 2 heteroatoms. The van der Waals surface area contributed by atoms with Gasteiger partial charge in [-0.15, -0.1) is 0 Å². The summed E-state index contributed by atoms with van der Waals surface area (Å²) in [6, 6.07) is 10.9. The molecule has 0 aliphatic rings. The zero-order valence-electron chi connectivity index (χ0n) is 19.2. The van der Waals surface area contributed by atoms with Gasteiger partial charge >= 0.3 is 0 Å². The second-order valence-corrected chi connectivity index (χ2v) is 8.65. The standard InChI is InChI=1S/C27H45N2/c1-3-5-7-8-9-10-11-12-13-18-22-29-24-23-28(21-17-6-4-2)27(29)25-26-19-15-14-16-20-26/h14-16,19-20,23-24H,3-13,17-18,21-22,25H2,1-2H3/q+1. The van der Waals surface area contributed by atoms with Crippen molar-refractivity contribution in [2.45, 2.75) is 117 Å². The smallest absolute Gasteiger partial charge is 0.234 e. The third-order valence-electron chi connectivity index (χ3n) is 6.05. The molecule has 2 aromatic rings. The summed E-state index contributed by atoms with van der Waals surface area (Å²) in [6.07, 6.45) is 23.6. The van der Waals surface area contributed by atoms with Crippen molar-refractivity contribution in [1.29, 1.82) is 0 Å². The van der Waals surface area contributed by atoms with Crippen LogP contribution in [0.5, 0.6) is 0 Å². The molecule has 1 aromatic carbocycles. The molecule has 0 unspecified atom stereocenters. The maximum absolute atomic E-state index is 2.52. The summed E-state index contributed by atoms with van der Waals surface area (Å²) >= 11 is 0. The molecule has 0 fully saturated rings. The molecule has 1 aromatic heterocycles. The lowest BCUT2D eigenvalue weighted by atomic mass is 10.1. The van der Waals surface area contributed by atoms with Crippen LogP contribution >= 0.6 is 0 Å². The molecule has 0 spiro atoms. The predicted molar refractivity (Wildman–Crippen MR) is 125 cm³/mol. The van der Waals surface area contributed by atoms with Crippen molar-refractivity contribution in [2.75, 3.05) is 0 Å². The van der Waals surface area contributed by atoms with Crippen LogP contribution in [0.25, 0.3) is 0 Å². The van der Waals surface area contributed by atoms with Gasteiger partial charge in [0.25, 0.3) is 5.82 Å². The molecule has 1 heterocycles. The first-order chi connectivity index (χ1) is 14.3. The molecule has 0 atom stereocenters. The lowest BCUT2D eigenvalue weighted by molar-refractivity contribution is -0.703. The highest BCUT2D eigenvalue weighted by Gasteiger charge is 2.17. The number of aromatic nitrogens is 2. The molecule has 0 bridgehead atoms. The molecule has 2 rings (SSSR count). The molecule has 0 aliphatic heterocycles. The quantitative estimate of drug-likeness (QED) is 0.193. The average Bonchev–Trinajstić information content (AvgIpc) is 3.12. The lowest BCUT2D eigenvalue weighted by Crippen LogP contribution is -2.37. The highest BCUT2D eigenvalue weighted by molar-refractivity contribution is 5.18. The van der Waals surface area contributed by atoms with Crippen LogP contribution in [-0.4, -0.2) is 4.57 Å². The Morgan fingerprint density at radius 2 is 1.28 bits per heavy atom. The average molecular weight is 398 g/mol. The van der Waals surface area contributed by atoms with E-state index >= 15 is 0 Å². The summed E-state index contributed by atoms with van der Waals surface area (Å²) in [6.45, 7) is 6.90. The second kappa shape index (κ2) is 15.3. The zero-order chi connectivity index (χ0) is 20.6. The van der Waals surface area contributed by atoms with E-state index in [-0.39, 0.29) is 0 Å². The third kappa shape index (κ3) is 9.65. The summed E-state index contributed by atoms with van der Waals surface area (Å²) in [7, 11) is 0. The van der Waals surface area contributed by atoms with Crippen LogP contribution in [0.2, 0.25) is 0 Å². The van der Waals surface area contributed by atoms with Crippen LogP contribution in [0.4, 0.5) is 0 Å². The van der Waals surface area contributed by atoms with Crippen molar-refractivity contribution in [2.24, 2.45) is 0 Å². The van der Waals surface area contributed by atoms with Crippen molar-refractivity contribution in [3.05, 3.63) is 54.1 Å². The highest BCUT2D eigenvalue weighted by atomic mass is 15.1. The first kappa shape index (κ1) is 23.7. The molecular weight excluding hydrogens is 352 g/mol. The maximum Gasteiger partial charge on any atom is 0.260 e. The number of aryl methyl sites for hydroxylation is 2. The molecule has 162 valence electrons. The van der Waals surface area contributed by atoms with Crippen molar-refractivity contribution in [1.82, 2.24) is 4.57 Å². The van der Waals surface area contributed by atoms with E-state index in [1.54, 1.807) is 0 Å². The molecule has 2 nitrogen and oxygen atoms in total. The Balaban J connectivity index is 1.76. The minimum absolute atomic E-state index is 1.04. The van der Waals surface area contributed by atoms with E-state index in [4.69, 9.17) is 0 Å². The van der Waals surface area contributed by atoms with Crippen LogP contribution in [0.15, 0.2) is 42.7 Å². The van der Waals surface area contributed by atoms with Gasteiger partial charge < -0.3 is 0 Å². The summed E-state index contributed by atoms with van der Waals surface area (Å²) in [5.41, 5.74) is 1.42. The monoisotopic (exact) mass is 397 g/mol. The molecule has 0 amide bonds. The first-order valence-corrected chi connectivity index (χ1v) is 12.5. The summed E-state index contributed by atoms with van der Waals surface area (Å²) in [5, 5.41) is 0. The number of imidazole rings is 1. The van der Waals surface area contributed by atoms with Crippen LogP contribution in [0.3, 0.4) is 0 Å². The van der Waals surface area contributed by atoms with Gasteiger partial charge in [-0.1, -0.05) is 102 Å². The Morgan fingerprint density at radius 3 is 1.93 bits per heavy atom. The molecule has 0 aliphatic carbocycles. The number of benzene rings is 1. The SMILES string of the molecule is CCCCCCCCCCCCn1cc[n+](CCCCC)c1Cc1ccccc1.